The van der Waals surface area contributed by atoms with E-state index in [2.05, 4.69) is 10.5 Å². The van der Waals surface area contributed by atoms with Gasteiger partial charge in [0, 0.05) is 54.3 Å². The number of aliphatic hydroxyl groups is 1. The van der Waals surface area contributed by atoms with Gasteiger partial charge in [-0.05, 0) is 41.5 Å². The Morgan fingerprint density at radius 2 is 1.85 bits per heavy atom. The van der Waals surface area contributed by atoms with E-state index in [0.29, 0.717) is 22.3 Å². The lowest BCUT2D eigenvalue weighted by atomic mass is 9.85. The van der Waals surface area contributed by atoms with Crippen molar-refractivity contribution >= 4 is 23.2 Å². The standard InChI is InChI=1S/C24H23ClFN3O4/c1-29-14-17(6-9-23(29)31)22(28-33)13-20(19-8-7-18(25)12-21(19)26)15-2-4-16(5-3-15)24(32)27-10-11-30/h2-9,12,14,20,30,33H,10-11,13H2,1H3,(H,27,32). The molecule has 0 aliphatic heterocycles. The van der Waals surface area contributed by atoms with Gasteiger partial charge >= 0.3 is 0 Å². The van der Waals surface area contributed by atoms with Crippen LogP contribution in [-0.4, -0.2) is 39.7 Å². The zero-order valence-electron chi connectivity index (χ0n) is 17.8. The van der Waals surface area contributed by atoms with Crippen LogP contribution in [0.4, 0.5) is 4.39 Å². The fourth-order valence-corrected chi connectivity index (χ4v) is 3.66. The van der Waals surface area contributed by atoms with Gasteiger partial charge in [-0.2, -0.15) is 0 Å². The molecule has 172 valence electrons. The van der Waals surface area contributed by atoms with E-state index in [0.717, 1.165) is 0 Å². The summed E-state index contributed by atoms with van der Waals surface area (Å²) in [5.41, 5.74) is 1.96. The highest BCUT2D eigenvalue weighted by Crippen LogP contribution is 2.33. The number of nitrogens with zero attached hydrogens (tertiary/aromatic N) is 2. The second-order valence-corrected chi connectivity index (χ2v) is 7.87. The largest absolute Gasteiger partial charge is 0.411 e. The van der Waals surface area contributed by atoms with Gasteiger partial charge in [-0.1, -0.05) is 35.0 Å². The number of aryl methyl sites for hydroxylation is 1. The molecule has 0 fully saturated rings. The van der Waals surface area contributed by atoms with E-state index in [-0.39, 0.29) is 41.8 Å². The maximum atomic E-state index is 14.9. The maximum absolute atomic E-state index is 14.9. The Morgan fingerprint density at radius 1 is 1.15 bits per heavy atom. The summed E-state index contributed by atoms with van der Waals surface area (Å²) in [7, 11) is 1.58. The number of aromatic nitrogens is 1. The van der Waals surface area contributed by atoms with Crippen LogP contribution in [0.1, 0.15) is 39.4 Å². The summed E-state index contributed by atoms with van der Waals surface area (Å²) in [6.45, 7) is -0.0365. The number of halogens is 2. The Bertz CT molecular complexity index is 1230. The molecule has 3 rings (SSSR count). The minimum atomic E-state index is -0.569. The van der Waals surface area contributed by atoms with Crippen molar-refractivity contribution in [2.45, 2.75) is 12.3 Å². The maximum Gasteiger partial charge on any atom is 0.251 e. The van der Waals surface area contributed by atoms with Crippen LogP contribution in [0.3, 0.4) is 0 Å². The van der Waals surface area contributed by atoms with Gasteiger partial charge < -0.3 is 20.2 Å². The quantitative estimate of drug-likeness (QED) is 0.266. The summed E-state index contributed by atoms with van der Waals surface area (Å²) < 4.78 is 16.2. The van der Waals surface area contributed by atoms with Crippen LogP contribution in [0.15, 0.2) is 70.7 Å². The Balaban J connectivity index is 2.00. The highest BCUT2D eigenvalue weighted by molar-refractivity contribution is 6.30. The first-order valence-corrected chi connectivity index (χ1v) is 10.5. The molecule has 1 amide bonds. The topological polar surface area (TPSA) is 104 Å². The van der Waals surface area contributed by atoms with Crippen LogP contribution < -0.4 is 10.9 Å². The summed E-state index contributed by atoms with van der Waals surface area (Å²) in [5.74, 6) is -1.43. The van der Waals surface area contributed by atoms with Crippen LogP contribution in [0.2, 0.25) is 5.02 Å². The number of aliphatic hydroxyl groups excluding tert-OH is 1. The molecule has 1 heterocycles. The fourth-order valence-electron chi connectivity index (χ4n) is 3.50. The molecule has 3 N–H and O–H groups in total. The van der Waals surface area contributed by atoms with Gasteiger partial charge in [-0.3, -0.25) is 9.59 Å². The van der Waals surface area contributed by atoms with E-state index < -0.39 is 11.7 Å². The van der Waals surface area contributed by atoms with Crippen molar-refractivity contribution in [1.29, 1.82) is 0 Å². The third-order valence-corrected chi connectivity index (χ3v) is 5.48. The minimum absolute atomic E-state index is 0.114. The molecule has 0 aliphatic carbocycles. The molecule has 0 aliphatic rings. The van der Waals surface area contributed by atoms with Crippen LogP contribution in [-0.2, 0) is 7.05 Å². The second kappa shape index (κ2) is 10.9. The van der Waals surface area contributed by atoms with Crippen LogP contribution >= 0.6 is 11.6 Å². The van der Waals surface area contributed by atoms with Crippen molar-refractivity contribution in [2.75, 3.05) is 13.2 Å². The van der Waals surface area contributed by atoms with Gasteiger partial charge in [0.05, 0.1) is 12.3 Å². The van der Waals surface area contributed by atoms with Crippen LogP contribution in [0.5, 0.6) is 0 Å². The van der Waals surface area contributed by atoms with E-state index in [4.69, 9.17) is 16.7 Å². The summed E-state index contributed by atoms with van der Waals surface area (Å²) in [5, 5.41) is 24.8. The first-order valence-electron chi connectivity index (χ1n) is 10.2. The molecule has 0 spiro atoms. The molecule has 3 aromatic rings. The van der Waals surface area contributed by atoms with Crippen molar-refractivity contribution in [1.82, 2.24) is 9.88 Å². The first kappa shape index (κ1) is 24.2. The molecule has 0 radical (unpaired) electrons. The summed E-state index contributed by atoms with van der Waals surface area (Å²) in [4.78, 5) is 23.9. The van der Waals surface area contributed by atoms with E-state index >= 15 is 0 Å². The number of rotatable bonds is 8. The Hall–Kier alpha value is -3.49. The number of hydrogen-bond donors (Lipinski definition) is 3. The van der Waals surface area contributed by atoms with Crippen molar-refractivity contribution in [3.05, 3.63) is 104 Å². The number of carbonyl (C=O) groups excluding carboxylic acids is 1. The monoisotopic (exact) mass is 471 g/mol. The van der Waals surface area contributed by atoms with Gasteiger partial charge in [0.25, 0.3) is 5.91 Å². The van der Waals surface area contributed by atoms with E-state index in [1.165, 1.54) is 16.7 Å². The SMILES string of the molecule is Cn1cc(C(CC(c2ccc(C(=O)NCCO)cc2)c2ccc(Cl)cc2F)=NO)ccc1=O. The predicted octanol–water partition coefficient (Wildman–Crippen LogP) is 3.30. The Labute approximate surface area is 194 Å². The third-order valence-electron chi connectivity index (χ3n) is 5.25. The van der Waals surface area contributed by atoms with Gasteiger partial charge in [0.2, 0.25) is 5.56 Å². The Kier molecular flexibility index (Phi) is 7.97. The lowest BCUT2D eigenvalue weighted by Crippen LogP contribution is -2.26. The van der Waals surface area contributed by atoms with Gasteiger partial charge in [-0.25, -0.2) is 4.39 Å². The molecule has 0 saturated heterocycles. The normalized spacial score (nSPS) is 12.4. The van der Waals surface area contributed by atoms with Gasteiger partial charge in [0.15, 0.2) is 0 Å². The smallest absolute Gasteiger partial charge is 0.251 e. The zero-order chi connectivity index (χ0) is 24.0. The average molecular weight is 472 g/mol. The lowest BCUT2D eigenvalue weighted by Gasteiger charge is -2.20. The number of amides is 1. The number of oxime groups is 1. The molecule has 7 nitrogen and oxygen atoms in total. The summed E-state index contributed by atoms with van der Waals surface area (Å²) in [6, 6.07) is 13.9. The molecule has 9 heteroatoms. The van der Waals surface area contributed by atoms with Crippen LogP contribution in [0, 0.1) is 5.82 Å². The molecular weight excluding hydrogens is 449 g/mol. The highest BCUT2D eigenvalue weighted by Gasteiger charge is 2.22. The van der Waals surface area contributed by atoms with Gasteiger partial charge in [-0.15, -0.1) is 0 Å². The third kappa shape index (κ3) is 5.85. The molecular formula is C24H23ClFN3O4. The van der Waals surface area contributed by atoms with E-state index in [1.54, 1.807) is 55.7 Å². The molecule has 2 aromatic carbocycles. The van der Waals surface area contributed by atoms with Crippen molar-refractivity contribution < 1.29 is 19.5 Å². The lowest BCUT2D eigenvalue weighted by molar-refractivity contribution is 0.0944. The summed E-state index contributed by atoms with van der Waals surface area (Å²) in [6.07, 6.45) is 1.66. The molecule has 1 atom stereocenters. The number of benzene rings is 2. The van der Waals surface area contributed by atoms with Crippen molar-refractivity contribution in [2.24, 2.45) is 12.2 Å². The number of carbonyl (C=O) groups is 1. The highest BCUT2D eigenvalue weighted by atomic mass is 35.5. The minimum Gasteiger partial charge on any atom is -0.411 e. The average Bonchev–Trinajstić information content (AvgIpc) is 2.81. The zero-order valence-corrected chi connectivity index (χ0v) is 18.6. The molecule has 0 bridgehead atoms. The molecule has 1 unspecified atom stereocenters. The second-order valence-electron chi connectivity index (χ2n) is 7.44. The fraction of sp³-hybridized carbons (Fsp3) is 0.208. The van der Waals surface area contributed by atoms with Crippen LogP contribution in [0.25, 0.3) is 0 Å². The number of nitrogens with one attached hydrogen (secondary N) is 1. The van der Waals surface area contributed by atoms with Crippen molar-refractivity contribution in [3.63, 3.8) is 0 Å². The molecule has 1 aromatic heterocycles. The predicted molar refractivity (Wildman–Crippen MR) is 124 cm³/mol. The van der Waals surface area contributed by atoms with Crippen molar-refractivity contribution in [3.8, 4) is 0 Å². The molecule has 33 heavy (non-hydrogen) atoms. The first-order chi connectivity index (χ1) is 15.8. The molecule has 0 saturated carbocycles. The Morgan fingerprint density at radius 3 is 2.45 bits per heavy atom. The number of pyridine rings is 1. The van der Waals surface area contributed by atoms with E-state index in [9.17, 15) is 19.2 Å². The summed E-state index contributed by atoms with van der Waals surface area (Å²) >= 11 is 5.93. The van der Waals surface area contributed by atoms with Gasteiger partial charge in [0.1, 0.15) is 5.82 Å². The number of hydrogen-bond acceptors (Lipinski definition) is 5. The van der Waals surface area contributed by atoms with E-state index in [1.807, 2.05) is 0 Å².